The molecule has 0 spiro atoms. The molecule has 0 saturated carbocycles. The van der Waals surface area contributed by atoms with E-state index in [0.29, 0.717) is 36.7 Å². The molecule has 8 nitrogen and oxygen atoms in total. The van der Waals surface area contributed by atoms with Crippen LogP contribution in [0.5, 0.6) is 0 Å². The SMILES string of the molecule is Cc1cccc2nc(NC(=O)c3cccc(C#N)c3)n(C3CCCCN(C(=O)/C=C/CN)C3)c12. The number of hydrogen-bond donors (Lipinski definition) is 2. The highest BCUT2D eigenvalue weighted by molar-refractivity contribution is 6.04. The van der Waals surface area contributed by atoms with E-state index in [9.17, 15) is 14.9 Å². The van der Waals surface area contributed by atoms with E-state index >= 15 is 0 Å². The first kappa shape index (κ1) is 23.2. The Morgan fingerprint density at radius 2 is 2.09 bits per heavy atom. The third-order valence-corrected chi connectivity index (χ3v) is 6.11. The van der Waals surface area contributed by atoms with Gasteiger partial charge in [-0.2, -0.15) is 5.26 Å². The van der Waals surface area contributed by atoms with Crippen molar-refractivity contribution in [2.75, 3.05) is 25.0 Å². The highest BCUT2D eigenvalue weighted by Crippen LogP contribution is 2.32. The van der Waals surface area contributed by atoms with Crippen LogP contribution in [-0.2, 0) is 4.79 Å². The van der Waals surface area contributed by atoms with Gasteiger partial charge in [-0.25, -0.2) is 4.98 Å². The molecule has 3 N–H and O–H groups in total. The number of carbonyl (C=O) groups excluding carboxylic acids is 2. The van der Waals surface area contributed by atoms with E-state index in [2.05, 4.69) is 16.0 Å². The highest BCUT2D eigenvalue weighted by atomic mass is 16.2. The van der Waals surface area contributed by atoms with Crippen molar-refractivity contribution >= 4 is 28.8 Å². The monoisotopic (exact) mass is 456 g/mol. The third-order valence-electron chi connectivity index (χ3n) is 6.11. The number of rotatable bonds is 5. The number of aromatic nitrogens is 2. The third kappa shape index (κ3) is 4.85. The molecule has 1 aliphatic heterocycles. The van der Waals surface area contributed by atoms with E-state index in [0.717, 1.165) is 35.9 Å². The molecule has 4 rings (SSSR count). The zero-order valence-corrected chi connectivity index (χ0v) is 19.2. The molecular weight excluding hydrogens is 428 g/mol. The maximum absolute atomic E-state index is 13.1. The number of nitrogens with two attached hydrogens (primary N) is 1. The van der Waals surface area contributed by atoms with Crippen molar-refractivity contribution in [2.45, 2.75) is 32.2 Å². The van der Waals surface area contributed by atoms with Gasteiger partial charge in [0, 0.05) is 31.3 Å². The Bertz CT molecular complexity index is 1290. The quantitative estimate of drug-likeness (QED) is 0.570. The number of carbonyl (C=O) groups is 2. The fourth-order valence-electron chi connectivity index (χ4n) is 4.47. The normalized spacial score (nSPS) is 16.4. The molecule has 0 radical (unpaired) electrons. The van der Waals surface area contributed by atoms with Crippen LogP contribution in [0.4, 0.5) is 5.95 Å². The lowest BCUT2D eigenvalue weighted by molar-refractivity contribution is -0.126. The number of aryl methyl sites for hydroxylation is 1. The second-order valence-electron chi connectivity index (χ2n) is 8.47. The average molecular weight is 457 g/mol. The summed E-state index contributed by atoms with van der Waals surface area (Å²) in [7, 11) is 0. The Hall–Kier alpha value is -3.96. The van der Waals surface area contributed by atoms with Gasteiger partial charge >= 0.3 is 0 Å². The molecule has 34 heavy (non-hydrogen) atoms. The van der Waals surface area contributed by atoms with Gasteiger partial charge in [0.25, 0.3) is 5.91 Å². The molecule has 1 aromatic heterocycles. The summed E-state index contributed by atoms with van der Waals surface area (Å²) >= 11 is 0. The van der Waals surface area contributed by atoms with Crippen molar-refractivity contribution in [2.24, 2.45) is 5.73 Å². The van der Waals surface area contributed by atoms with Crippen molar-refractivity contribution in [1.82, 2.24) is 14.5 Å². The Labute approximate surface area is 198 Å². The van der Waals surface area contributed by atoms with Gasteiger partial charge in [0.2, 0.25) is 11.9 Å². The van der Waals surface area contributed by atoms with Crippen molar-refractivity contribution < 1.29 is 9.59 Å². The average Bonchev–Trinajstić information content (AvgIpc) is 3.04. The van der Waals surface area contributed by atoms with E-state index in [1.807, 2.05) is 30.0 Å². The van der Waals surface area contributed by atoms with Gasteiger partial charge in [0.15, 0.2) is 0 Å². The van der Waals surface area contributed by atoms with Crippen LogP contribution in [0.2, 0.25) is 0 Å². The van der Waals surface area contributed by atoms with E-state index in [1.165, 1.54) is 6.08 Å². The molecule has 1 saturated heterocycles. The fraction of sp³-hybridized carbons (Fsp3) is 0.308. The summed E-state index contributed by atoms with van der Waals surface area (Å²) in [6.45, 7) is 3.53. The van der Waals surface area contributed by atoms with Crippen LogP contribution in [0.15, 0.2) is 54.6 Å². The summed E-state index contributed by atoms with van der Waals surface area (Å²) in [5, 5.41) is 12.1. The minimum atomic E-state index is -0.334. The zero-order chi connectivity index (χ0) is 24.1. The zero-order valence-electron chi connectivity index (χ0n) is 19.2. The predicted molar refractivity (Wildman–Crippen MR) is 131 cm³/mol. The van der Waals surface area contributed by atoms with Crippen LogP contribution in [0.3, 0.4) is 0 Å². The van der Waals surface area contributed by atoms with Crippen LogP contribution in [0.25, 0.3) is 11.0 Å². The molecule has 8 heteroatoms. The molecule has 1 fully saturated rings. The number of amides is 2. The van der Waals surface area contributed by atoms with Crippen molar-refractivity contribution in [3.63, 3.8) is 0 Å². The molecular formula is C26H28N6O2. The molecule has 2 amide bonds. The molecule has 0 aliphatic carbocycles. The van der Waals surface area contributed by atoms with Crippen LogP contribution in [0.1, 0.15) is 46.8 Å². The maximum atomic E-state index is 13.1. The number of nitriles is 1. The molecule has 1 atom stereocenters. The topological polar surface area (TPSA) is 117 Å². The van der Waals surface area contributed by atoms with E-state index in [-0.39, 0.29) is 17.9 Å². The lowest BCUT2D eigenvalue weighted by atomic mass is 10.1. The van der Waals surface area contributed by atoms with E-state index in [1.54, 1.807) is 30.3 Å². The lowest BCUT2D eigenvalue weighted by Gasteiger charge is -2.26. The number of nitrogens with one attached hydrogen (secondary N) is 1. The summed E-state index contributed by atoms with van der Waals surface area (Å²) in [5.41, 5.74) is 9.10. The first-order valence-electron chi connectivity index (χ1n) is 11.5. The standard InChI is InChI=1S/C26H28N6O2/c1-18-7-4-11-22-24(18)32(21-10-2-3-14-31(17-21)23(33)12-6-13-27)26(29-22)30-25(34)20-9-5-8-19(15-20)16-28/h4-9,11-12,15,21H,2-3,10,13-14,17,27H2,1H3,(H,29,30,34)/b12-6+. The van der Waals surface area contributed by atoms with Gasteiger partial charge in [-0.15, -0.1) is 0 Å². The number of hydrogen-bond acceptors (Lipinski definition) is 5. The number of likely N-dealkylation sites (tertiary alicyclic amines) is 1. The molecule has 0 bridgehead atoms. The number of para-hydroxylation sites is 1. The molecule has 2 aromatic carbocycles. The second-order valence-corrected chi connectivity index (χ2v) is 8.47. The summed E-state index contributed by atoms with van der Waals surface area (Å²) in [6.07, 6.45) is 5.92. The minimum Gasteiger partial charge on any atom is -0.337 e. The second kappa shape index (κ2) is 10.3. The summed E-state index contributed by atoms with van der Waals surface area (Å²) in [6, 6.07) is 14.5. The molecule has 1 unspecified atom stereocenters. The Morgan fingerprint density at radius 1 is 1.26 bits per heavy atom. The first-order chi connectivity index (χ1) is 16.5. The van der Waals surface area contributed by atoms with Gasteiger partial charge in [0.05, 0.1) is 28.7 Å². The summed E-state index contributed by atoms with van der Waals surface area (Å²) in [4.78, 5) is 32.4. The molecule has 3 aromatic rings. The number of nitrogens with zero attached hydrogens (tertiary/aromatic N) is 4. The number of anilines is 1. The van der Waals surface area contributed by atoms with Gasteiger partial charge in [-0.1, -0.05) is 24.3 Å². The van der Waals surface area contributed by atoms with Gasteiger partial charge < -0.3 is 15.2 Å². The number of fused-ring (bicyclic) bond motifs is 1. The van der Waals surface area contributed by atoms with E-state index < -0.39 is 0 Å². The first-order valence-corrected chi connectivity index (χ1v) is 11.5. The van der Waals surface area contributed by atoms with Gasteiger partial charge in [0.1, 0.15) is 0 Å². The van der Waals surface area contributed by atoms with Crippen LogP contribution < -0.4 is 11.1 Å². The highest BCUT2D eigenvalue weighted by Gasteiger charge is 2.27. The van der Waals surface area contributed by atoms with E-state index in [4.69, 9.17) is 10.7 Å². The Balaban J connectivity index is 1.73. The maximum Gasteiger partial charge on any atom is 0.258 e. The van der Waals surface area contributed by atoms with Crippen molar-refractivity contribution in [3.8, 4) is 6.07 Å². The lowest BCUT2D eigenvalue weighted by Crippen LogP contribution is -2.34. The minimum absolute atomic E-state index is 0.0513. The summed E-state index contributed by atoms with van der Waals surface area (Å²) < 4.78 is 2.06. The summed E-state index contributed by atoms with van der Waals surface area (Å²) in [5.74, 6) is 0.0459. The Kier molecular flexibility index (Phi) is 7.04. The fourth-order valence-corrected chi connectivity index (χ4v) is 4.47. The van der Waals surface area contributed by atoms with Crippen LogP contribution in [-0.4, -0.2) is 45.9 Å². The largest absolute Gasteiger partial charge is 0.337 e. The smallest absolute Gasteiger partial charge is 0.258 e. The van der Waals surface area contributed by atoms with Crippen molar-refractivity contribution in [3.05, 3.63) is 71.3 Å². The predicted octanol–water partition coefficient (Wildman–Crippen LogP) is 3.54. The number of benzene rings is 2. The molecule has 2 heterocycles. The van der Waals surface area contributed by atoms with Crippen LogP contribution >= 0.6 is 0 Å². The number of imidazole rings is 1. The molecule has 1 aliphatic rings. The van der Waals surface area contributed by atoms with Gasteiger partial charge in [-0.05, 0) is 56.0 Å². The Morgan fingerprint density at radius 3 is 2.88 bits per heavy atom. The van der Waals surface area contributed by atoms with Gasteiger partial charge in [-0.3, -0.25) is 14.9 Å². The molecule has 174 valence electrons. The van der Waals surface area contributed by atoms with Crippen LogP contribution in [0, 0.1) is 18.3 Å². The van der Waals surface area contributed by atoms with Crippen molar-refractivity contribution in [1.29, 1.82) is 5.26 Å².